The summed E-state index contributed by atoms with van der Waals surface area (Å²) in [5, 5.41) is 9.01. The lowest BCUT2D eigenvalue weighted by molar-refractivity contribution is 0.187. The zero-order valence-electron chi connectivity index (χ0n) is 12.3. The van der Waals surface area contributed by atoms with E-state index in [1.165, 1.54) is 44.5 Å². The molecule has 3 rings (SSSR count). The van der Waals surface area contributed by atoms with Crippen molar-refractivity contribution in [3.63, 3.8) is 0 Å². The van der Waals surface area contributed by atoms with Crippen LogP contribution in [0.5, 0.6) is 0 Å². The van der Waals surface area contributed by atoms with E-state index in [0.29, 0.717) is 0 Å². The molecule has 0 radical (unpaired) electrons. The van der Waals surface area contributed by atoms with Gasteiger partial charge in [0.2, 0.25) is 0 Å². The molecular formula is C17H23N3. The minimum Gasteiger partial charge on any atom is -0.369 e. The molecule has 0 spiro atoms. The van der Waals surface area contributed by atoms with Gasteiger partial charge in [-0.3, -0.25) is 4.90 Å². The highest BCUT2D eigenvalue weighted by Crippen LogP contribution is 2.26. The summed E-state index contributed by atoms with van der Waals surface area (Å²) in [7, 11) is 0. The van der Waals surface area contributed by atoms with Crippen molar-refractivity contribution in [2.45, 2.75) is 38.6 Å². The average Bonchev–Trinajstić information content (AvgIpc) is 3.01. The number of hydrogen-bond donors (Lipinski definition) is 0. The highest BCUT2D eigenvalue weighted by Gasteiger charge is 2.26. The van der Waals surface area contributed by atoms with E-state index >= 15 is 0 Å². The zero-order chi connectivity index (χ0) is 13.9. The van der Waals surface area contributed by atoms with Crippen LogP contribution in [0.4, 0.5) is 5.69 Å². The topological polar surface area (TPSA) is 30.3 Å². The number of benzene rings is 1. The summed E-state index contributed by atoms with van der Waals surface area (Å²) < 4.78 is 0. The van der Waals surface area contributed by atoms with Crippen LogP contribution in [-0.2, 0) is 0 Å². The minimum atomic E-state index is 0.790. The molecule has 1 aliphatic heterocycles. The first-order valence-corrected chi connectivity index (χ1v) is 7.77. The molecule has 0 bridgehead atoms. The summed E-state index contributed by atoms with van der Waals surface area (Å²) in [5.41, 5.74) is 3.15. The second-order valence-electron chi connectivity index (χ2n) is 6.07. The second kappa shape index (κ2) is 5.85. The lowest BCUT2D eigenvalue weighted by atomic mass is 10.1. The summed E-state index contributed by atoms with van der Waals surface area (Å²) in [6, 6.07) is 9.29. The molecule has 1 aromatic rings. The summed E-state index contributed by atoms with van der Waals surface area (Å²) in [5.74, 6) is 0. The van der Waals surface area contributed by atoms with Gasteiger partial charge < -0.3 is 4.90 Å². The molecule has 3 heteroatoms. The maximum absolute atomic E-state index is 9.01. The second-order valence-corrected chi connectivity index (χ2v) is 6.07. The van der Waals surface area contributed by atoms with E-state index in [2.05, 4.69) is 28.0 Å². The molecule has 1 saturated heterocycles. The molecule has 0 aromatic heterocycles. The Morgan fingerprint density at radius 3 is 2.40 bits per heavy atom. The predicted octanol–water partition coefficient (Wildman–Crippen LogP) is 2.93. The maximum Gasteiger partial charge on any atom is 0.0994 e. The Hall–Kier alpha value is -1.53. The molecule has 0 unspecified atom stereocenters. The standard InChI is InChI=1S/C17H23N3/c1-14-12-17(7-6-15(14)13-18)20-10-8-19(9-11-20)16-4-2-3-5-16/h6-7,12,16H,2-5,8-11H2,1H3. The van der Waals surface area contributed by atoms with Crippen molar-refractivity contribution in [1.82, 2.24) is 4.90 Å². The van der Waals surface area contributed by atoms with Gasteiger partial charge in [-0.25, -0.2) is 0 Å². The Balaban J connectivity index is 1.63. The van der Waals surface area contributed by atoms with E-state index in [1.807, 2.05) is 13.0 Å². The number of hydrogen-bond acceptors (Lipinski definition) is 3. The van der Waals surface area contributed by atoms with Crippen molar-refractivity contribution in [3.8, 4) is 6.07 Å². The lowest BCUT2D eigenvalue weighted by Gasteiger charge is -2.39. The van der Waals surface area contributed by atoms with Crippen LogP contribution in [0.3, 0.4) is 0 Å². The molecule has 2 aliphatic rings. The Bertz CT molecular complexity index is 503. The molecule has 3 nitrogen and oxygen atoms in total. The summed E-state index contributed by atoms with van der Waals surface area (Å²) >= 11 is 0. The number of piperazine rings is 1. The Kier molecular flexibility index (Phi) is 3.93. The van der Waals surface area contributed by atoms with E-state index in [-0.39, 0.29) is 0 Å². The van der Waals surface area contributed by atoms with Gasteiger partial charge in [0.1, 0.15) is 0 Å². The van der Waals surface area contributed by atoms with Crippen molar-refractivity contribution in [3.05, 3.63) is 29.3 Å². The molecule has 1 aromatic carbocycles. The van der Waals surface area contributed by atoms with Gasteiger partial charge in [-0.15, -0.1) is 0 Å². The highest BCUT2D eigenvalue weighted by atomic mass is 15.3. The van der Waals surface area contributed by atoms with Crippen molar-refractivity contribution in [2.75, 3.05) is 31.1 Å². The Morgan fingerprint density at radius 2 is 1.80 bits per heavy atom. The molecule has 1 heterocycles. The van der Waals surface area contributed by atoms with Crippen LogP contribution in [0.1, 0.15) is 36.8 Å². The molecule has 0 amide bonds. The van der Waals surface area contributed by atoms with Gasteiger partial charge in [-0.1, -0.05) is 12.8 Å². The quantitative estimate of drug-likeness (QED) is 0.827. The predicted molar refractivity (Wildman–Crippen MR) is 81.9 cm³/mol. The molecule has 1 saturated carbocycles. The highest BCUT2D eigenvalue weighted by molar-refractivity contribution is 5.53. The van der Waals surface area contributed by atoms with Gasteiger partial charge in [0.25, 0.3) is 0 Å². The molecule has 1 aliphatic carbocycles. The van der Waals surface area contributed by atoms with Crippen molar-refractivity contribution in [2.24, 2.45) is 0 Å². The smallest absolute Gasteiger partial charge is 0.0994 e. The van der Waals surface area contributed by atoms with Crippen LogP contribution in [0.25, 0.3) is 0 Å². The molecule has 20 heavy (non-hydrogen) atoms. The zero-order valence-corrected chi connectivity index (χ0v) is 12.3. The molecular weight excluding hydrogens is 246 g/mol. The molecule has 2 fully saturated rings. The number of rotatable bonds is 2. The van der Waals surface area contributed by atoms with E-state index in [9.17, 15) is 0 Å². The fraction of sp³-hybridized carbons (Fsp3) is 0.588. The first kappa shape index (κ1) is 13.5. The third-order valence-electron chi connectivity index (χ3n) is 4.85. The third-order valence-corrected chi connectivity index (χ3v) is 4.85. The minimum absolute atomic E-state index is 0.790. The van der Waals surface area contributed by atoms with Gasteiger partial charge in [0.15, 0.2) is 0 Å². The SMILES string of the molecule is Cc1cc(N2CCN(C3CCCC3)CC2)ccc1C#N. The van der Waals surface area contributed by atoms with Crippen molar-refractivity contribution < 1.29 is 0 Å². The van der Waals surface area contributed by atoms with Crippen LogP contribution >= 0.6 is 0 Å². The summed E-state index contributed by atoms with van der Waals surface area (Å²) in [6.07, 6.45) is 5.63. The van der Waals surface area contributed by atoms with Crippen molar-refractivity contribution >= 4 is 5.69 Å². The van der Waals surface area contributed by atoms with Crippen LogP contribution in [0.15, 0.2) is 18.2 Å². The first-order chi connectivity index (χ1) is 9.78. The van der Waals surface area contributed by atoms with E-state index in [1.54, 1.807) is 0 Å². The van der Waals surface area contributed by atoms with E-state index in [0.717, 1.165) is 30.3 Å². The van der Waals surface area contributed by atoms with Crippen molar-refractivity contribution in [1.29, 1.82) is 5.26 Å². The van der Waals surface area contributed by atoms with Gasteiger partial charge in [-0.05, 0) is 43.5 Å². The lowest BCUT2D eigenvalue weighted by Crippen LogP contribution is -2.49. The van der Waals surface area contributed by atoms with Gasteiger partial charge in [-0.2, -0.15) is 5.26 Å². The number of aryl methyl sites for hydroxylation is 1. The third kappa shape index (κ3) is 2.66. The molecule has 0 atom stereocenters. The Morgan fingerprint density at radius 1 is 1.10 bits per heavy atom. The van der Waals surface area contributed by atoms with Crippen LogP contribution < -0.4 is 4.90 Å². The number of anilines is 1. The molecule has 0 N–H and O–H groups in total. The fourth-order valence-corrected chi connectivity index (χ4v) is 3.58. The number of nitriles is 1. The normalized spacial score (nSPS) is 21.1. The number of nitrogens with zero attached hydrogens (tertiary/aromatic N) is 3. The van der Waals surface area contributed by atoms with Gasteiger partial charge in [0.05, 0.1) is 11.6 Å². The van der Waals surface area contributed by atoms with Gasteiger partial charge in [0, 0.05) is 37.9 Å². The Labute approximate surface area is 121 Å². The maximum atomic E-state index is 9.01. The largest absolute Gasteiger partial charge is 0.369 e. The van der Waals surface area contributed by atoms with Crippen LogP contribution in [0.2, 0.25) is 0 Å². The monoisotopic (exact) mass is 269 g/mol. The summed E-state index contributed by atoms with van der Waals surface area (Å²) in [4.78, 5) is 5.14. The first-order valence-electron chi connectivity index (χ1n) is 7.77. The fourth-order valence-electron chi connectivity index (χ4n) is 3.58. The average molecular weight is 269 g/mol. The van der Waals surface area contributed by atoms with E-state index in [4.69, 9.17) is 5.26 Å². The van der Waals surface area contributed by atoms with Crippen LogP contribution in [0, 0.1) is 18.3 Å². The summed E-state index contributed by atoms with van der Waals surface area (Å²) in [6.45, 7) is 6.62. The van der Waals surface area contributed by atoms with Gasteiger partial charge >= 0.3 is 0 Å². The molecule has 106 valence electrons. The van der Waals surface area contributed by atoms with Crippen LogP contribution in [-0.4, -0.2) is 37.1 Å². The van der Waals surface area contributed by atoms with E-state index < -0.39 is 0 Å².